The first-order chi connectivity index (χ1) is 13.7. The van der Waals surface area contributed by atoms with Crippen molar-refractivity contribution in [3.05, 3.63) is 35.4 Å². The standard InChI is InChI=1S/C23H31NO5/c1-22(2,3)21(26)28-14-27-17-7-6-15-13-24(4)11-5-9-23-10-8-16(25)12-18(23)29-20(17)19(15)23/h6-8,10,16,18,25H,5,9,11-14H2,1-4H3. The summed E-state index contributed by atoms with van der Waals surface area (Å²) in [5, 5.41) is 10.2. The van der Waals surface area contributed by atoms with E-state index < -0.39 is 11.5 Å². The van der Waals surface area contributed by atoms with Crippen LogP contribution in [0, 0.1) is 5.41 Å². The SMILES string of the molecule is CN1CCCC23C=CC(O)CC2Oc2c(OCOC(=O)C(C)(C)C)ccc(c23)C1. The Labute approximate surface area is 172 Å². The summed E-state index contributed by atoms with van der Waals surface area (Å²) in [6, 6.07) is 3.99. The van der Waals surface area contributed by atoms with Gasteiger partial charge in [0.15, 0.2) is 11.5 Å². The Balaban J connectivity index is 1.67. The number of ether oxygens (including phenoxy) is 3. The molecule has 4 rings (SSSR count). The van der Waals surface area contributed by atoms with Crippen molar-refractivity contribution in [3.8, 4) is 11.5 Å². The topological polar surface area (TPSA) is 68.2 Å². The fourth-order valence-electron chi connectivity index (χ4n) is 4.66. The van der Waals surface area contributed by atoms with E-state index in [1.54, 1.807) is 0 Å². The summed E-state index contributed by atoms with van der Waals surface area (Å²) >= 11 is 0. The molecule has 3 unspecified atom stereocenters. The minimum absolute atomic E-state index is 0.110. The largest absolute Gasteiger partial charge is 0.485 e. The van der Waals surface area contributed by atoms with E-state index in [0.29, 0.717) is 12.2 Å². The maximum Gasteiger partial charge on any atom is 0.314 e. The molecule has 3 aliphatic rings. The molecule has 0 aromatic heterocycles. The molecule has 0 fully saturated rings. The highest BCUT2D eigenvalue weighted by molar-refractivity contribution is 5.75. The van der Waals surface area contributed by atoms with Gasteiger partial charge in [-0.1, -0.05) is 18.2 Å². The zero-order valence-electron chi connectivity index (χ0n) is 17.7. The number of hydrogen-bond acceptors (Lipinski definition) is 6. The summed E-state index contributed by atoms with van der Waals surface area (Å²) in [4.78, 5) is 14.4. The molecule has 158 valence electrons. The lowest BCUT2D eigenvalue weighted by Crippen LogP contribution is -2.43. The van der Waals surface area contributed by atoms with Crippen LogP contribution in [0.2, 0.25) is 0 Å². The second-order valence-corrected chi connectivity index (χ2v) is 9.52. The van der Waals surface area contributed by atoms with Gasteiger partial charge in [-0.2, -0.15) is 0 Å². The lowest BCUT2D eigenvalue weighted by Gasteiger charge is -2.38. The molecular formula is C23H31NO5. The highest BCUT2D eigenvalue weighted by Gasteiger charge is 2.52. The number of hydrogen-bond donors (Lipinski definition) is 1. The van der Waals surface area contributed by atoms with Crippen LogP contribution >= 0.6 is 0 Å². The van der Waals surface area contributed by atoms with Gasteiger partial charge in [0.2, 0.25) is 6.79 Å². The van der Waals surface area contributed by atoms with E-state index in [1.165, 1.54) is 5.56 Å². The zero-order chi connectivity index (χ0) is 20.8. The van der Waals surface area contributed by atoms with E-state index in [0.717, 1.165) is 37.2 Å². The molecule has 2 aliphatic heterocycles. The van der Waals surface area contributed by atoms with E-state index in [4.69, 9.17) is 14.2 Å². The van der Waals surface area contributed by atoms with Crippen molar-refractivity contribution in [2.45, 2.75) is 64.2 Å². The second kappa shape index (κ2) is 7.33. The highest BCUT2D eigenvalue weighted by atomic mass is 16.7. The molecule has 6 nitrogen and oxygen atoms in total. The quantitative estimate of drug-likeness (QED) is 0.477. The number of rotatable bonds is 3. The Morgan fingerprint density at radius 1 is 1.38 bits per heavy atom. The van der Waals surface area contributed by atoms with E-state index >= 15 is 0 Å². The predicted molar refractivity (Wildman–Crippen MR) is 109 cm³/mol. The van der Waals surface area contributed by atoms with Gasteiger partial charge in [-0.25, -0.2) is 0 Å². The smallest absolute Gasteiger partial charge is 0.314 e. The van der Waals surface area contributed by atoms with E-state index in [1.807, 2.05) is 32.9 Å². The molecule has 3 atom stereocenters. The Hall–Kier alpha value is -2.05. The molecule has 0 bridgehead atoms. The molecule has 6 heteroatoms. The van der Waals surface area contributed by atoms with E-state index in [2.05, 4.69) is 24.1 Å². The monoisotopic (exact) mass is 401 g/mol. The van der Waals surface area contributed by atoms with Gasteiger partial charge in [-0.3, -0.25) is 4.79 Å². The summed E-state index contributed by atoms with van der Waals surface area (Å²) in [7, 11) is 2.13. The van der Waals surface area contributed by atoms with Crippen LogP contribution in [0.25, 0.3) is 0 Å². The number of carbonyl (C=O) groups is 1. The first kappa shape index (κ1) is 20.2. The summed E-state index contributed by atoms with van der Waals surface area (Å²) in [5.41, 5.74) is 1.58. The van der Waals surface area contributed by atoms with Crippen LogP contribution in [0.3, 0.4) is 0 Å². The average Bonchev–Trinajstić information content (AvgIpc) is 2.96. The van der Waals surface area contributed by atoms with Crippen molar-refractivity contribution in [2.24, 2.45) is 5.41 Å². The summed E-state index contributed by atoms with van der Waals surface area (Å²) in [6.45, 7) is 7.15. The van der Waals surface area contributed by atoms with Crippen molar-refractivity contribution in [3.63, 3.8) is 0 Å². The number of nitrogens with zero attached hydrogens (tertiary/aromatic N) is 1. The van der Waals surface area contributed by atoms with Gasteiger partial charge in [-0.05, 0) is 58.8 Å². The van der Waals surface area contributed by atoms with Crippen LogP contribution < -0.4 is 9.47 Å². The maximum atomic E-state index is 12.0. The van der Waals surface area contributed by atoms with E-state index in [9.17, 15) is 9.90 Å². The molecule has 1 N–H and O–H groups in total. The Kier molecular flexibility index (Phi) is 5.11. The summed E-state index contributed by atoms with van der Waals surface area (Å²) in [6.07, 6.45) is 6.05. The lowest BCUT2D eigenvalue weighted by atomic mass is 9.67. The molecule has 1 aromatic carbocycles. The third-order valence-electron chi connectivity index (χ3n) is 6.17. The zero-order valence-corrected chi connectivity index (χ0v) is 17.7. The van der Waals surface area contributed by atoms with Crippen LogP contribution in [0.1, 0.15) is 51.2 Å². The molecule has 0 radical (unpaired) electrons. The van der Waals surface area contributed by atoms with Crippen molar-refractivity contribution >= 4 is 5.97 Å². The van der Waals surface area contributed by atoms with E-state index in [-0.39, 0.29) is 24.3 Å². The minimum Gasteiger partial charge on any atom is -0.485 e. The van der Waals surface area contributed by atoms with Crippen LogP contribution in [0.4, 0.5) is 0 Å². The fourth-order valence-corrected chi connectivity index (χ4v) is 4.66. The lowest BCUT2D eigenvalue weighted by molar-refractivity contribution is -0.159. The predicted octanol–water partition coefficient (Wildman–Crippen LogP) is 3.16. The van der Waals surface area contributed by atoms with Crippen molar-refractivity contribution in [2.75, 3.05) is 20.4 Å². The van der Waals surface area contributed by atoms with Crippen molar-refractivity contribution < 1.29 is 24.1 Å². The minimum atomic E-state index is -0.576. The van der Waals surface area contributed by atoms with Gasteiger partial charge in [0.05, 0.1) is 16.9 Å². The Morgan fingerprint density at radius 2 is 2.17 bits per heavy atom. The molecule has 0 saturated carbocycles. The third kappa shape index (κ3) is 3.64. The van der Waals surface area contributed by atoms with Crippen molar-refractivity contribution in [1.82, 2.24) is 4.90 Å². The third-order valence-corrected chi connectivity index (χ3v) is 6.17. The average molecular weight is 402 g/mol. The molecule has 29 heavy (non-hydrogen) atoms. The molecule has 1 spiro atoms. The number of carbonyl (C=O) groups excluding carboxylic acids is 1. The number of esters is 1. The maximum absolute atomic E-state index is 12.0. The van der Waals surface area contributed by atoms with Gasteiger partial charge in [-0.15, -0.1) is 0 Å². The first-order valence-electron chi connectivity index (χ1n) is 10.4. The normalized spacial score (nSPS) is 28.6. The number of aliphatic hydroxyl groups is 1. The van der Waals surface area contributed by atoms with Gasteiger partial charge in [0.25, 0.3) is 0 Å². The van der Waals surface area contributed by atoms with Gasteiger partial charge in [0.1, 0.15) is 6.10 Å². The highest BCUT2D eigenvalue weighted by Crippen LogP contribution is 2.55. The Bertz CT molecular complexity index is 827. The van der Waals surface area contributed by atoms with Gasteiger partial charge >= 0.3 is 5.97 Å². The molecular weight excluding hydrogens is 370 g/mol. The van der Waals surface area contributed by atoms with Crippen LogP contribution in [-0.4, -0.2) is 48.6 Å². The van der Waals surface area contributed by atoms with Gasteiger partial charge in [0, 0.05) is 18.5 Å². The molecule has 0 amide bonds. The van der Waals surface area contributed by atoms with Crippen LogP contribution in [0.5, 0.6) is 11.5 Å². The fraction of sp³-hybridized carbons (Fsp3) is 0.609. The number of aliphatic hydroxyl groups excluding tert-OH is 1. The molecule has 1 aromatic rings. The number of benzene rings is 1. The summed E-state index contributed by atoms with van der Waals surface area (Å²) in [5.74, 6) is 1.01. The van der Waals surface area contributed by atoms with Crippen molar-refractivity contribution in [1.29, 1.82) is 0 Å². The summed E-state index contributed by atoms with van der Waals surface area (Å²) < 4.78 is 17.5. The van der Waals surface area contributed by atoms with Gasteiger partial charge < -0.3 is 24.2 Å². The van der Waals surface area contributed by atoms with Crippen LogP contribution in [-0.2, 0) is 21.5 Å². The molecule has 2 heterocycles. The molecule has 0 saturated heterocycles. The molecule has 1 aliphatic carbocycles. The second-order valence-electron chi connectivity index (χ2n) is 9.52. The Morgan fingerprint density at radius 3 is 2.93 bits per heavy atom. The first-order valence-corrected chi connectivity index (χ1v) is 10.4. The van der Waals surface area contributed by atoms with Crippen LogP contribution in [0.15, 0.2) is 24.3 Å².